The molecule has 0 aliphatic heterocycles. The van der Waals surface area contributed by atoms with Gasteiger partial charge in [-0.1, -0.05) is 17.8 Å². The molecule has 18 heavy (non-hydrogen) atoms. The van der Waals surface area contributed by atoms with Gasteiger partial charge in [0.2, 0.25) is 0 Å². The van der Waals surface area contributed by atoms with Gasteiger partial charge in [-0.15, -0.1) is 0 Å². The molecular formula is C13H16N4S. The Morgan fingerprint density at radius 2 is 2.00 bits per heavy atom. The van der Waals surface area contributed by atoms with Crippen molar-refractivity contribution in [3.05, 3.63) is 41.9 Å². The molecule has 0 spiro atoms. The molecule has 0 saturated carbocycles. The Morgan fingerprint density at radius 1 is 1.22 bits per heavy atom. The summed E-state index contributed by atoms with van der Waals surface area (Å²) in [5, 5.41) is 3.99. The van der Waals surface area contributed by atoms with Gasteiger partial charge in [-0.3, -0.25) is 0 Å². The molecule has 94 valence electrons. The van der Waals surface area contributed by atoms with Crippen LogP contribution in [0.3, 0.4) is 0 Å². The van der Waals surface area contributed by atoms with Gasteiger partial charge in [-0.05, 0) is 31.5 Å². The van der Waals surface area contributed by atoms with Crippen LogP contribution in [0.15, 0.2) is 35.7 Å². The fourth-order valence-electron chi connectivity index (χ4n) is 1.43. The maximum atomic E-state index is 4.51. The van der Waals surface area contributed by atoms with Crippen LogP contribution in [0.4, 0.5) is 5.82 Å². The SMILES string of the molecule is CCNc1cccc(CSc2ncc(C)cn2)n1. The quantitative estimate of drug-likeness (QED) is 0.661. The van der Waals surface area contributed by atoms with Gasteiger partial charge in [-0.2, -0.15) is 0 Å². The normalized spacial score (nSPS) is 10.3. The molecule has 0 amide bonds. The summed E-state index contributed by atoms with van der Waals surface area (Å²) in [5.41, 5.74) is 2.11. The van der Waals surface area contributed by atoms with Gasteiger partial charge in [0.15, 0.2) is 5.16 Å². The van der Waals surface area contributed by atoms with E-state index in [4.69, 9.17) is 0 Å². The van der Waals surface area contributed by atoms with E-state index >= 15 is 0 Å². The van der Waals surface area contributed by atoms with E-state index in [1.807, 2.05) is 37.5 Å². The summed E-state index contributed by atoms with van der Waals surface area (Å²) in [7, 11) is 0. The van der Waals surface area contributed by atoms with Crippen molar-refractivity contribution >= 4 is 17.6 Å². The third-order valence-corrected chi connectivity index (χ3v) is 3.18. The summed E-state index contributed by atoms with van der Waals surface area (Å²) in [5.74, 6) is 1.70. The first-order valence-corrected chi connectivity index (χ1v) is 6.87. The molecule has 0 aliphatic carbocycles. The molecular weight excluding hydrogens is 244 g/mol. The van der Waals surface area contributed by atoms with Crippen molar-refractivity contribution < 1.29 is 0 Å². The van der Waals surface area contributed by atoms with Crippen molar-refractivity contribution in [1.82, 2.24) is 15.0 Å². The Kier molecular flexibility index (Phi) is 4.52. The number of aromatic nitrogens is 3. The Labute approximate surface area is 111 Å². The monoisotopic (exact) mass is 260 g/mol. The van der Waals surface area contributed by atoms with Crippen LogP contribution < -0.4 is 5.32 Å². The molecule has 2 rings (SSSR count). The smallest absolute Gasteiger partial charge is 0.187 e. The van der Waals surface area contributed by atoms with Gasteiger partial charge in [0.25, 0.3) is 0 Å². The summed E-state index contributed by atoms with van der Waals surface area (Å²) in [6.45, 7) is 4.92. The maximum Gasteiger partial charge on any atom is 0.187 e. The van der Waals surface area contributed by atoms with Gasteiger partial charge in [-0.25, -0.2) is 15.0 Å². The molecule has 4 nitrogen and oxygen atoms in total. The van der Waals surface area contributed by atoms with Gasteiger partial charge in [0.1, 0.15) is 5.82 Å². The molecule has 0 atom stereocenters. The average Bonchev–Trinajstić information content (AvgIpc) is 2.39. The Hall–Kier alpha value is -1.62. The molecule has 1 N–H and O–H groups in total. The summed E-state index contributed by atoms with van der Waals surface area (Å²) in [4.78, 5) is 13.0. The minimum absolute atomic E-state index is 0.780. The molecule has 0 fully saturated rings. The summed E-state index contributed by atoms with van der Waals surface area (Å²) in [6, 6.07) is 6.00. The highest BCUT2D eigenvalue weighted by Gasteiger charge is 2.01. The molecule has 2 aromatic rings. The van der Waals surface area contributed by atoms with Gasteiger partial charge >= 0.3 is 0 Å². The second-order valence-corrected chi connectivity index (χ2v) is 4.82. The number of thioether (sulfide) groups is 1. The first kappa shape index (κ1) is 12.8. The maximum absolute atomic E-state index is 4.51. The summed E-state index contributed by atoms with van der Waals surface area (Å²) < 4.78 is 0. The van der Waals surface area contributed by atoms with Gasteiger partial charge < -0.3 is 5.32 Å². The first-order chi connectivity index (χ1) is 8.78. The molecule has 0 radical (unpaired) electrons. The zero-order valence-electron chi connectivity index (χ0n) is 10.6. The van der Waals surface area contributed by atoms with E-state index in [1.165, 1.54) is 0 Å². The van der Waals surface area contributed by atoms with Crippen LogP contribution in [0.5, 0.6) is 0 Å². The number of aryl methyl sites for hydroxylation is 1. The number of nitrogens with one attached hydrogen (secondary N) is 1. The molecule has 5 heteroatoms. The molecule has 2 aromatic heterocycles. The van der Waals surface area contributed by atoms with E-state index < -0.39 is 0 Å². The van der Waals surface area contributed by atoms with Gasteiger partial charge in [0.05, 0.1) is 5.69 Å². The number of pyridine rings is 1. The van der Waals surface area contributed by atoms with Crippen LogP contribution in [-0.4, -0.2) is 21.5 Å². The molecule has 0 saturated heterocycles. The van der Waals surface area contributed by atoms with E-state index in [1.54, 1.807) is 11.8 Å². The highest BCUT2D eigenvalue weighted by molar-refractivity contribution is 7.98. The standard InChI is InChI=1S/C13H16N4S/c1-3-14-12-6-4-5-11(17-12)9-18-13-15-7-10(2)8-16-13/h4-8H,3,9H2,1-2H3,(H,14,17). The average molecular weight is 260 g/mol. The second-order valence-electron chi connectivity index (χ2n) is 3.88. The molecule has 0 unspecified atom stereocenters. The molecule has 0 aliphatic rings. The fourth-order valence-corrected chi connectivity index (χ4v) is 2.13. The van der Waals surface area contributed by atoms with E-state index in [-0.39, 0.29) is 0 Å². The zero-order valence-corrected chi connectivity index (χ0v) is 11.4. The number of hydrogen-bond donors (Lipinski definition) is 1. The number of hydrogen-bond acceptors (Lipinski definition) is 5. The fraction of sp³-hybridized carbons (Fsp3) is 0.308. The minimum Gasteiger partial charge on any atom is -0.370 e. The van der Waals surface area contributed by atoms with Crippen LogP contribution in [0.25, 0.3) is 0 Å². The number of nitrogens with zero attached hydrogens (tertiary/aromatic N) is 3. The Morgan fingerprint density at radius 3 is 2.72 bits per heavy atom. The van der Waals surface area contributed by atoms with Crippen LogP contribution in [0, 0.1) is 6.92 Å². The van der Waals surface area contributed by atoms with Crippen molar-refractivity contribution in [2.45, 2.75) is 24.8 Å². The lowest BCUT2D eigenvalue weighted by Crippen LogP contribution is -2.00. The van der Waals surface area contributed by atoms with Crippen LogP contribution >= 0.6 is 11.8 Å². The predicted molar refractivity (Wildman–Crippen MR) is 74.7 cm³/mol. The van der Waals surface area contributed by atoms with Gasteiger partial charge in [0, 0.05) is 24.7 Å². The Balaban J connectivity index is 1.97. The third kappa shape index (κ3) is 3.70. The highest BCUT2D eigenvalue weighted by atomic mass is 32.2. The van der Waals surface area contributed by atoms with Crippen molar-refractivity contribution in [2.24, 2.45) is 0 Å². The van der Waals surface area contributed by atoms with Crippen LogP contribution in [0.2, 0.25) is 0 Å². The predicted octanol–water partition coefficient (Wildman–Crippen LogP) is 2.90. The lowest BCUT2D eigenvalue weighted by Gasteiger charge is -2.04. The van der Waals surface area contributed by atoms with Crippen molar-refractivity contribution in [3.63, 3.8) is 0 Å². The van der Waals surface area contributed by atoms with E-state index in [2.05, 4.69) is 27.2 Å². The lowest BCUT2D eigenvalue weighted by molar-refractivity contribution is 0.948. The number of rotatable bonds is 5. The topological polar surface area (TPSA) is 50.7 Å². The lowest BCUT2D eigenvalue weighted by atomic mass is 10.4. The highest BCUT2D eigenvalue weighted by Crippen LogP contribution is 2.18. The summed E-state index contributed by atoms with van der Waals surface area (Å²) in [6.07, 6.45) is 3.66. The first-order valence-electron chi connectivity index (χ1n) is 5.89. The molecule has 2 heterocycles. The Bertz CT molecular complexity index is 499. The van der Waals surface area contributed by atoms with Crippen molar-refractivity contribution in [2.75, 3.05) is 11.9 Å². The van der Waals surface area contributed by atoms with Crippen molar-refractivity contribution in [1.29, 1.82) is 0 Å². The van der Waals surface area contributed by atoms with Crippen molar-refractivity contribution in [3.8, 4) is 0 Å². The van der Waals surface area contributed by atoms with Crippen LogP contribution in [0.1, 0.15) is 18.2 Å². The molecule has 0 bridgehead atoms. The second kappa shape index (κ2) is 6.35. The zero-order chi connectivity index (χ0) is 12.8. The van der Waals surface area contributed by atoms with E-state index in [9.17, 15) is 0 Å². The molecule has 0 aromatic carbocycles. The van der Waals surface area contributed by atoms with E-state index in [0.29, 0.717) is 0 Å². The summed E-state index contributed by atoms with van der Waals surface area (Å²) >= 11 is 1.60. The minimum atomic E-state index is 0.780. The largest absolute Gasteiger partial charge is 0.370 e. The number of anilines is 1. The van der Waals surface area contributed by atoms with Crippen LogP contribution in [-0.2, 0) is 5.75 Å². The third-order valence-electron chi connectivity index (χ3n) is 2.27. The van der Waals surface area contributed by atoms with E-state index in [0.717, 1.165) is 34.5 Å².